The first kappa shape index (κ1) is 14.4. The number of ether oxygens (including phenoxy) is 1. The average Bonchev–Trinajstić information content (AvgIpc) is 2.31. The van der Waals surface area contributed by atoms with Crippen LogP contribution in [-0.4, -0.2) is 25.6 Å². The van der Waals surface area contributed by atoms with Gasteiger partial charge in [0, 0.05) is 24.6 Å². The quantitative estimate of drug-likeness (QED) is 0.722. The van der Waals surface area contributed by atoms with E-state index in [2.05, 4.69) is 5.32 Å². The first-order valence-corrected chi connectivity index (χ1v) is 5.67. The van der Waals surface area contributed by atoms with Crippen LogP contribution in [0.2, 0.25) is 0 Å². The van der Waals surface area contributed by atoms with Gasteiger partial charge in [0.25, 0.3) is 0 Å². The molecule has 0 heterocycles. The maximum atomic E-state index is 12.8. The van der Waals surface area contributed by atoms with Crippen LogP contribution >= 0.6 is 0 Å². The number of halogens is 2. The number of amides is 1. The molecule has 1 aromatic carbocycles. The molecular formula is C12H16F2N2O2. The third-order valence-corrected chi connectivity index (χ3v) is 2.14. The molecule has 1 rings (SSSR count). The van der Waals surface area contributed by atoms with Gasteiger partial charge in [-0.3, -0.25) is 4.79 Å². The first-order chi connectivity index (χ1) is 8.61. The number of nitrogens with one attached hydrogen (secondary N) is 1. The molecule has 0 fully saturated rings. The molecule has 0 bridgehead atoms. The highest BCUT2D eigenvalue weighted by Crippen LogP contribution is 2.14. The lowest BCUT2D eigenvalue weighted by molar-refractivity contribution is -0.121. The summed E-state index contributed by atoms with van der Waals surface area (Å²) in [6.45, 7) is 0.894. The van der Waals surface area contributed by atoms with E-state index >= 15 is 0 Å². The van der Waals surface area contributed by atoms with E-state index in [1.165, 1.54) is 0 Å². The SMILES string of the molecule is NCCCC(=O)NCCOc1cc(F)cc(F)c1. The fraction of sp³-hybridized carbons (Fsp3) is 0.417. The first-order valence-electron chi connectivity index (χ1n) is 5.67. The highest BCUT2D eigenvalue weighted by Gasteiger charge is 2.02. The van der Waals surface area contributed by atoms with Crippen molar-refractivity contribution in [2.45, 2.75) is 12.8 Å². The van der Waals surface area contributed by atoms with Crippen LogP contribution in [0.4, 0.5) is 8.78 Å². The van der Waals surface area contributed by atoms with Crippen molar-refractivity contribution in [1.29, 1.82) is 0 Å². The van der Waals surface area contributed by atoms with Crippen molar-refractivity contribution >= 4 is 5.91 Å². The zero-order chi connectivity index (χ0) is 13.4. The molecule has 100 valence electrons. The van der Waals surface area contributed by atoms with E-state index < -0.39 is 11.6 Å². The monoisotopic (exact) mass is 258 g/mol. The lowest BCUT2D eigenvalue weighted by Crippen LogP contribution is -2.28. The van der Waals surface area contributed by atoms with E-state index in [9.17, 15) is 13.6 Å². The maximum absolute atomic E-state index is 12.8. The molecule has 0 radical (unpaired) electrons. The van der Waals surface area contributed by atoms with Crippen molar-refractivity contribution in [1.82, 2.24) is 5.32 Å². The molecule has 0 spiro atoms. The molecule has 0 aliphatic carbocycles. The van der Waals surface area contributed by atoms with Gasteiger partial charge in [-0.2, -0.15) is 0 Å². The van der Waals surface area contributed by atoms with Crippen molar-refractivity contribution < 1.29 is 18.3 Å². The Balaban J connectivity index is 2.23. The highest BCUT2D eigenvalue weighted by atomic mass is 19.1. The third kappa shape index (κ3) is 5.58. The standard InChI is InChI=1S/C12H16F2N2O2/c13-9-6-10(14)8-11(7-9)18-5-4-16-12(17)2-1-3-15/h6-8H,1-5,15H2,(H,16,17). The van der Waals surface area contributed by atoms with Crippen LogP contribution in [0.5, 0.6) is 5.75 Å². The zero-order valence-electron chi connectivity index (χ0n) is 9.92. The molecule has 4 nitrogen and oxygen atoms in total. The summed E-state index contributed by atoms with van der Waals surface area (Å²) in [6.07, 6.45) is 0.993. The minimum atomic E-state index is -0.697. The average molecular weight is 258 g/mol. The molecule has 0 atom stereocenters. The second-order valence-electron chi connectivity index (χ2n) is 3.70. The van der Waals surface area contributed by atoms with Crippen molar-refractivity contribution in [2.75, 3.05) is 19.7 Å². The maximum Gasteiger partial charge on any atom is 0.220 e. The van der Waals surface area contributed by atoms with Crippen LogP contribution in [0.3, 0.4) is 0 Å². The Bertz CT molecular complexity index is 379. The normalized spacial score (nSPS) is 10.2. The zero-order valence-corrected chi connectivity index (χ0v) is 9.92. The van der Waals surface area contributed by atoms with Gasteiger partial charge in [-0.25, -0.2) is 8.78 Å². The van der Waals surface area contributed by atoms with Crippen LogP contribution in [0.1, 0.15) is 12.8 Å². The number of hydrogen-bond acceptors (Lipinski definition) is 3. The Hall–Kier alpha value is -1.69. The van der Waals surface area contributed by atoms with Gasteiger partial charge >= 0.3 is 0 Å². The van der Waals surface area contributed by atoms with E-state index in [-0.39, 0.29) is 24.8 Å². The number of hydrogen-bond donors (Lipinski definition) is 2. The highest BCUT2D eigenvalue weighted by molar-refractivity contribution is 5.75. The van der Waals surface area contributed by atoms with Gasteiger partial charge in [-0.1, -0.05) is 0 Å². The van der Waals surface area contributed by atoms with Crippen LogP contribution in [0.15, 0.2) is 18.2 Å². The molecule has 0 aromatic heterocycles. The molecule has 1 amide bonds. The van der Waals surface area contributed by atoms with Gasteiger partial charge in [-0.05, 0) is 13.0 Å². The summed E-state index contributed by atoms with van der Waals surface area (Å²) in [4.78, 5) is 11.2. The van der Waals surface area contributed by atoms with Crippen molar-refractivity contribution in [3.05, 3.63) is 29.8 Å². The molecule has 0 aliphatic rings. The van der Waals surface area contributed by atoms with Gasteiger partial charge in [0.05, 0.1) is 6.54 Å². The largest absolute Gasteiger partial charge is 0.492 e. The van der Waals surface area contributed by atoms with Crippen LogP contribution in [0, 0.1) is 11.6 Å². The van der Waals surface area contributed by atoms with Crippen molar-refractivity contribution in [2.24, 2.45) is 5.73 Å². The van der Waals surface area contributed by atoms with Crippen LogP contribution < -0.4 is 15.8 Å². The molecule has 6 heteroatoms. The molecular weight excluding hydrogens is 242 g/mol. The second-order valence-corrected chi connectivity index (χ2v) is 3.70. The fourth-order valence-corrected chi connectivity index (χ4v) is 1.32. The summed E-state index contributed by atoms with van der Waals surface area (Å²) < 4.78 is 30.7. The smallest absolute Gasteiger partial charge is 0.220 e. The fourth-order valence-electron chi connectivity index (χ4n) is 1.32. The minimum Gasteiger partial charge on any atom is -0.492 e. The van der Waals surface area contributed by atoms with Crippen LogP contribution in [0.25, 0.3) is 0 Å². The summed E-state index contributed by atoms with van der Waals surface area (Å²) >= 11 is 0. The Morgan fingerprint density at radius 2 is 1.94 bits per heavy atom. The summed E-state index contributed by atoms with van der Waals surface area (Å²) in [5.41, 5.74) is 5.26. The van der Waals surface area contributed by atoms with E-state index in [1.807, 2.05) is 0 Å². The van der Waals surface area contributed by atoms with Crippen LogP contribution in [-0.2, 0) is 4.79 Å². The Morgan fingerprint density at radius 3 is 2.56 bits per heavy atom. The van der Waals surface area contributed by atoms with Gasteiger partial charge in [-0.15, -0.1) is 0 Å². The van der Waals surface area contributed by atoms with E-state index in [0.717, 1.165) is 18.2 Å². The number of carbonyl (C=O) groups excluding carboxylic acids is 1. The van der Waals surface area contributed by atoms with Crippen molar-refractivity contribution in [3.8, 4) is 5.75 Å². The summed E-state index contributed by atoms with van der Waals surface area (Å²) in [7, 11) is 0. The van der Waals surface area contributed by atoms with E-state index in [4.69, 9.17) is 10.5 Å². The predicted molar refractivity (Wildman–Crippen MR) is 63.2 cm³/mol. The molecule has 0 aliphatic heterocycles. The molecule has 18 heavy (non-hydrogen) atoms. The van der Waals surface area contributed by atoms with Gasteiger partial charge in [0.1, 0.15) is 24.0 Å². The third-order valence-electron chi connectivity index (χ3n) is 2.14. The van der Waals surface area contributed by atoms with E-state index in [1.54, 1.807) is 0 Å². The predicted octanol–water partition coefficient (Wildman–Crippen LogP) is 1.20. The Kier molecular flexibility index (Phi) is 6.07. The Labute approximate surface area is 104 Å². The number of nitrogens with two attached hydrogens (primary N) is 1. The minimum absolute atomic E-state index is 0.101. The molecule has 0 saturated carbocycles. The second kappa shape index (κ2) is 7.60. The molecule has 3 N–H and O–H groups in total. The number of carbonyl (C=O) groups is 1. The molecule has 0 saturated heterocycles. The number of rotatable bonds is 7. The van der Waals surface area contributed by atoms with Gasteiger partial charge < -0.3 is 15.8 Å². The van der Waals surface area contributed by atoms with Crippen molar-refractivity contribution in [3.63, 3.8) is 0 Å². The lowest BCUT2D eigenvalue weighted by Gasteiger charge is -2.07. The molecule has 1 aromatic rings. The number of benzene rings is 1. The Morgan fingerprint density at radius 1 is 1.28 bits per heavy atom. The van der Waals surface area contributed by atoms with Gasteiger partial charge in [0.2, 0.25) is 5.91 Å². The summed E-state index contributed by atoms with van der Waals surface area (Å²) in [5.74, 6) is -1.41. The summed E-state index contributed by atoms with van der Waals surface area (Å²) in [6, 6.07) is 2.93. The van der Waals surface area contributed by atoms with Gasteiger partial charge in [0.15, 0.2) is 0 Å². The molecule has 0 unspecified atom stereocenters. The lowest BCUT2D eigenvalue weighted by atomic mass is 10.3. The van der Waals surface area contributed by atoms with E-state index in [0.29, 0.717) is 19.4 Å². The summed E-state index contributed by atoms with van der Waals surface area (Å²) in [5, 5.41) is 2.61. The topological polar surface area (TPSA) is 64.4 Å².